The number of likely N-dealkylation sites (N-methyl/N-ethyl adjacent to an activating group) is 2. The molecule has 0 spiro atoms. The van der Waals surface area contributed by atoms with Crippen molar-refractivity contribution in [2.45, 2.75) is 26.7 Å². The van der Waals surface area contributed by atoms with Crippen LogP contribution in [0.2, 0.25) is 0 Å². The standard InChI is InChI=1S/C16H24N4O2/c1-3-17-14(21)12-19(4-2)16(22)13-8-7-9-18-15(13)20-10-5-6-11-20/h7-9H,3-6,10-12H2,1-2H3,(H,17,21). The largest absolute Gasteiger partial charge is 0.356 e. The number of pyridine rings is 1. The number of hydrogen-bond donors (Lipinski definition) is 1. The highest BCUT2D eigenvalue weighted by Crippen LogP contribution is 2.23. The van der Waals surface area contributed by atoms with Crippen molar-refractivity contribution in [2.75, 3.05) is 37.6 Å². The molecular formula is C16H24N4O2. The average Bonchev–Trinajstić information content (AvgIpc) is 3.06. The summed E-state index contributed by atoms with van der Waals surface area (Å²) in [6.07, 6.45) is 3.96. The number of amides is 2. The average molecular weight is 304 g/mol. The quantitative estimate of drug-likeness (QED) is 0.860. The minimum absolute atomic E-state index is 0.0809. The highest BCUT2D eigenvalue weighted by Gasteiger charge is 2.24. The van der Waals surface area contributed by atoms with E-state index < -0.39 is 0 Å². The molecule has 1 aliphatic heterocycles. The zero-order chi connectivity index (χ0) is 15.9. The van der Waals surface area contributed by atoms with Crippen molar-refractivity contribution >= 4 is 17.6 Å². The number of nitrogens with zero attached hydrogens (tertiary/aromatic N) is 3. The van der Waals surface area contributed by atoms with E-state index in [-0.39, 0.29) is 18.4 Å². The van der Waals surface area contributed by atoms with E-state index in [2.05, 4.69) is 15.2 Å². The Morgan fingerprint density at radius 2 is 2.05 bits per heavy atom. The molecule has 1 saturated heterocycles. The van der Waals surface area contributed by atoms with Crippen molar-refractivity contribution in [3.63, 3.8) is 0 Å². The molecule has 0 aliphatic carbocycles. The molecule has 22 heavy (non-hydrogen) atoms. The lowest BCUT2D eigenvalue weighted by Crippen LogP contribution is -2.41. The van der Waals surface area contributed by atoms with E-state index >= 15 is 0 Å². The number of aromatic nitrogens is 1. The summed E-state index contributed by atoms with van der Waals surface area (Å²) in [5, 5.41) is 2.73. The first-order valence-corrected chi connectivity index (χ1v) is 7.93. The van der Waals surface area contributed by atoms with E-state index in [1.54, 1.807) is 23.2 Å². The van der Waals surface area contributed by atoms with Crippen molar-refractivity contribution in [3.8, 4) is 0 Å². The zero-order valence-electron chi connectivity index (χ0n) is 13.3. The summed E-state index contributed by atoms with van der Waals surface area (Å²) in [5.74, 6) is 0.465. The van der Waals surface area contributed by atoms with Gasteiger partial charge >= 0.3 is 0 Å². The number of anilines is 1. The molecule has 2 rings (SSSR count). The lowest BCUT2D eigenvalue weighted by Gasteiger charge is -2.24. The van der Waals surface area contributed by atoms with Crippen LogP contribution < -0.4 is 10.2 Å². The van der Waals surface area contributed by atoms with Crippen LogP contribution in [-0.4, -0.2) is 54.4 Å². The minimum atomic E-state index is -0.135. The Morgan fingerprint density at radius 1 is 1.32 bits per heavy atom. The fourth-order valence-corrected chi connectivity index (χ4v) is 2.67. The van der Waals surface area contributed by atoms with Crippen molar-refractivity contribution in [3.05, 3.63) is 23.9 Å². The molecule has 2 amide bonds. The fourth-order valence-electron chi connectivity index (χ4n) is 2.67. The van der Waals surface area contributed by atoms with Crippen LogP contribution in [0, 0.1) is 0 Å². The van der Waals surface area contributed by atoms with Gasteiger partial charge in [0, 0.05) is 32.4 Å². The molecule has 6 heteroatoms. The summed E-state index contributed by atoms with van der Waals surface area (Å²) in [7, 11) is 0. The molecule has 1 fully saturated rings. The van der Waals surface area contributed by atoms with Gasteiger partial charge in [-0.2, -0.15) is 0 Å². The van der Waals surface area contributed by atoms with Crippen LogP contribution in [0.5, 0.6) is 0 Å². The molecule has 6 nitrogen and oxygen atoms in total. The van der Waals surface area contributed by atoms with Gasteiger partial charge < -0.3 is 15.1 Å². The molecule has 0 atom stereocenters. The number of carbonyl (C=O) groups excluding carboxylic acids is 2. The van der Waals surface area contributed by atoms with Crippen LogP contribution in [0.4, 0.5) is 5.82 Å². The maximum absolute atomic E-state index is 12.8. The van der Waals surface area contributed by atoms with E-state index in [9.17, 15) is 9.59 Å². The van der Waals surface area contributed by atoms with Gasteiger partial charge in [-0.25, -0.2) is 4.98 Å². The summed E-state index contributed by atoms with van der Waals surface area (Å²) in [5.41, 5.74) is 0.579. The Labute approximate surface area is 131 Å². The summed E-state index contributed by atoms with van der Waals surface area (Å²) in [6, 6.07) is 3.57. The van der Waals surface area contributed by atoms with Crippen LogP contribution in [0.15, 0.2) is 18.3 Å². The van der Waals surface area contributed by atoms with Gasteiger partial charge in [-0.3, -0.25) is 9.59 Å². The molecule has 0 bridgehead atoms. The van der Waals surface area contributed by atoms with E-state index in [1.165, 1.54) is 0 Å². The van der Waals surface area contributed by atoms with Gasteiger partial charge in [-0.1, -0.05) is 0 Å². The molecule has 1 aromatic heterocycles. The topological polar surface area (TPSA) is 65.5 Å². The van der Waals surface area contributed by atoms with Gasteiger partial charge in [-0.05, 0) is 38.8 Å². The summed E-state index contributed by atoms with van der Waals surface area (Å²) in [4.78, 5) is 32.6. The minimum Gasteiger partial charge on any atom is -0.356 e. The second-order valence-electron chi connectivity index (χ2n) is 5.34. The Balaban J connectivity index is 2.18. The molecule has 0 radical (unpaired) electrons. The number of carbonyl (C=O) groups is 2. The summed E-state index contributed by atoms with van der Waals surface area (Å²) in [6.45, 7) is 6.74. The van der Waals surface area contributed by atoms with Gasteiger partial charge in [0.05, 0.1) is 12.1 Å². The maximum Gasteiger partial charge on any atom is 0.258 e. The number of hydrogen-bond acceptors (Lipinski definition) is 4. The zero-order valence-corrected chi connectivity index (χ0v) is 13.3. The van der Waals surface area contributed by atoms with Gasteiger partial charge in [0.2, 0.25) is 5.91 Å². The van der Waals surface area contributed by atoms with Crippen LogP contribution in [0.3, 0.4) is 0 Å². The lowest BCUT2D eigenvalue weighted by atomic mass is 10.2. The Kier molecular flexibility index (Phi) is 5.75. The highest BCUT2D eigenvalue weighted by atomic mass is 16.2. The molecule has 0 aromatic carbocycles. The number of nitrogens with one attached hydrogen (secondary N) is 1. The maximum atomic E-state index is 12.8. The lowest BCUT2D eigenvalue weighted by molar-refractivity contribution is -0.121. The molecule has 0 saturated carbocycles. The monoisotopic (exact) mass is 304 g/mol. The van der Waals surface area contributed by atoms with Crippen LogP contribution >= 0.6 is 0 Å². The molecule has 2 heterocycles. The molecule has 1 aliphatic rings. The molecule has 120 valence electrons. The first-order valence-electron chi connectivity index (χ1n) is 7.93. The fraction of sp³-hybridized carbons (Fsp3) is 0.562. The van der Waals surface area contributed by atoms with Gasteiger partial charge in [0.15, 0.2) is 0 Å². The van der Waals surface area contributed by atoms with Gasteiger partial charge in [0.25, 0.3) is 5.91 Å². The van der Waals surface area contributed by atoms with Crippen LogP contribution in [0.25, 0.3) is 0 Å². The van der Waals surface area contributed by atoms with Crippen molar-refractivity contribution in [1.82, 2.24) is 15.2 Å². The molecule has 0 unspecified atom stereocenters. The Morgan fingerprint density at radius 3 is 2.68 bits per heavy atom. The van der Waals surface area contributed by atoms with Crippen molar-refractivity contribution < 1.29 is 9.59 Å². The molecule has 1 N–H and O–H groups in total. The smallest absolute Gasteiger partial charge is 0.258 e. The van der Waals surface area contributed by atoms with E-state index in [1.807, 2.05) is 13.8 Å². The predicted octanol–water partition coefficient (Wildman–Crippen LogP) is 1.28. The third-order valence-electron chi connectivity index (χ3n) is 3.80. The van der Waals surface area contributed by atoms with E-state index in [0.717, 1.165) is 31.7 Å². The van der Waals surface area contributed by atoms with Gasteiger partial charge in [-0.15, -0.1) is 0 Å². The Hall–Kier alpha value is -2.11. The third-order valence-corrected chi connectivity index (χ3v) is 3.80. The number of rotatable bonds is 6. The second-order valence-corrected chi connectivity index (χ2v) is 5.34. The van der Waals surface area contributed by atoms with E-state index in [0.29, 0.717) is 18.7 Å². The second kappa shape index (κ2) is 7.77. The normalized spacial score (nSPS) is 14.0. The van der Waals surface area contributed by atoms with E-state index in [4.69, 9.17) is 0 Å². The van der Waals surface area contributed by atoms with Crippen LogP contribution in [-0.2, 0) is 4.79 Å². The van der Waals surface area contributed by atoms with Crippen LogP contribution in [0.1, 0.15) is 37.0 Å². The first-order chi connectivity index (χ1) is 10.7. The highest BCUT2D eigenvalue weighted by molar-refractivity contribution is 6.00. The van der Waals surface area contributed by atoms with Gasteiger partial charge in [0.1, 0.15) is 5.82 Å². The molecular weight excluding hydrogens is 280 g/mol. The summed E-state index contributed by atoms with van der Waals surface area (Å²) < 4.78 is 0. The van der Waals surface area contributed by atoms with Crippen molar-refractivity contribution in [1.29, 1.82) is 0 Å². The summed E-state index contributed by atoms with van der Waals surface area (Å²) >= 11 is 0. The predicted molar refractivity (Wildman–Crippen MR) is 85.9 cm³/mol. The van der Waals surface area contributed by atoms with Crippen molar-refractivity contribution in [2.24, 2.45) is 0 Å². The Bertz CT molecular complexity index is 527. The first kappa shape index (κ1) is 16.3. The SMILES string of the molecule is CCNC(=O)CN(CC)C(=O)c1cccnc1N1CCCC1. The molecule has 1 aromatic rings. The third kappa shape index (κ3) is 3.75.